The van der Waals surface area contributed by atoms with Crippen molar-refractivity contribution in [3.63, 3.8) is 0 Å². The monoisotopic (exact) mass is 705 g/mol. The fraction of sp³-hybridized carbons (Fsp3) is 0.542. The van der Waals surface area contributed by atoms with Gasteiger partial charge in [0.05, 0.1) is 37.7 Å². The van der Waals surface area contributed by atoms with Crippen LogP contribution in [-0.2, 0) is 27.7 Å². The van der Waals surface area contributed by atoms with Gasteiger partial charge in [-0.25, -0.2) is 34.0 Å². The number of rotatable bonds is 10. The lowest BCUT2D eigenvalue weighted by atomic mass is 10.2. The summed E-state index contributed by atoms with van der Waals surface area (Å²) < 4.78 is 45.8. The first-order chi connectivity index (χ1) is 21.8. The van der Waals surface area contributed by atoms with Crippen LogP contribution in [-0.4, -0.2) is 116 Å². The van der Waals surface area contributed by atoms with E-state index in [1.165, 1.54) is 17.2 Å². The van der Waals surface area contributed by atoms with Gasteiger partial charge in [0, 0.05) is 33.1 Å². The second-order valence-corrected chi connectivity index (χ2v) is 12.6. The Morgan fingerprint density at radius 1 is 0.894 bits per heavy atom. The van der Waals surface area contributed by atoms with Crippen molar-refractivity contribution in [2.24, 2.45) is 0 Å². The second kappa shape index (κ2) is 14.9. The minimum Gasteiger partial charge on any atom is -0.394 e. The molecule has 2 aliphatic heterocycles. The zero-order chi connectivity index (χ0) is 33.2. The van der Waals surface area contributed by atoms with Gasteiger partial charge in [0.1, 0.15) is 48.1 Å². The summed E-state index contributed by atoms with van der Waals surface area (Å²) in [6.07, 6.45) is 1.75. The Balaban J connectivity index is 0.000000220. The van der Waals surface area contributed by atoms with Gasteiger partial charge in [-0.15, -0.1) is 0 Å². The molecule has 0 radical (unpaired) electrons. The van der Waals surface area contributed by atoms with E-state index in [1.807, 2.05) is 13.1 Å². The molecule has 21 nitrogen and oxygen atoms in total. The highest BCUT2D eigenvalue weighted by atomic mass is 31.2. The summed E-state index contributed by atoms with van der Waals surface area (Å²) in [6, 6.07) is 1.85. The van der Waals surface area contributed by atoms with Gasteiger partial charge >= 0.3 is 15.6 Å². The number of aliphatic hydroxyl groups excluding tert-OH is 2. The molecule has 260 valence electrons. The lowest BCUT2D eigenvalue weighted by Crippen LogP contribution is -2.28. The number of imidazole rings is 2. The van der Waals surface area contributed by atoms with E-state index in [0.717, 1.165) is 11.2 Å². The van der Waals surface area contributed by atoms with Gasteiger partial charge in [-0.05, 0) is 6.07 Å². The molecule has 6 atom stereocenters. The van der Waals surface area contributed by atoms with E-state index in [4.69, 9.17) is 38.7 Å². The second-order valence-electron chi connectivity index (χ2n) is 10.1. The molecule has 8 N–H and O–H groups in total. The van der Waals surface area contributed by atoms with Gasteiger partial charge in [0.2, 0.25) is 0 Å². The first kappa shape index (κ1) is 36.7. The molecule has 0 bridgehead atoms. The van der Waals surface area contributed by atoms with Crippen molar-refractivity contribution in [1.82, 2.24) is 34.1 Å². The first-order valence-corrected chi connectivity index (χ1v) is 16.8. The smallest absolute Gasteiger partial charge is 0.394 e. The van der Waals surface area contributed by atoms with E-state index < -0.39 is 52.9 Å². The number of aromatic nitrogens is 7. The fourth-order valence-corrected chi connectivity index (χ4v) is 6.04. The Morgan fingerprint density at radius 3 is 2.13 bits per heavy atom. The Morgan fingerprint density at radius 2 is 1.53 bits per heavy atom. The maximum absolute atomic E-state index is 11.2. The van der Waals surface area contributed by atoms with E-state index >= 15 is 0 Å². The van der Waals surface area contributed by atoms with Crippen molar-refractivity contribution in [3.8, 4) is 0 Å². The van der Waals surface area contributed by atoms with Crippen LogP contribution in [0.5, 0.6) is 0 Å². The highest BCUT2D eigenvalue weighted by molar-refractivity contribution is 7.46. The summed E-state index contributed by atoms with van der Waals surface area (Å²) in [6.45, 7) is -0.825. The molecule has 0 unspecified atom stereocenters. The van der Waals surface area contributed by atoms with Gasteiger partial charge in [-0.3, -0.25) is 18.2 Å². The van der Waals surface area contributed by atoms with Gasteiger partial charge in [-0.2, -0.15) is 0 Å². The predicted molar refractivity (Wildman–Crippen MR) is 164 cm³/mol. The number of hydrogen-bond acceptors (Lipinski definition) is 15. The summed E-state index contributed by atoms with van der Waals surface area (Å²) >= 11 is 0. The van der Waals surface area contributed by atoms with Gasteiger partial charge < -0.3 is 49.9 Å². The number of pyridine rings is 1. The zero-order valence-electron chi connectivity index (χ0n) is 24.3. The summed E-state index contributed by atoms with van der Waals surface area (Å²) in [5.41, 5.74) is 3.19. The summed E-state index contributed by atoms with van der Waals surface area (Å²) in [5.74, 6) is 0.473. The molecule has 2 saturated heterocycles. The molecule has 47 heavy (non-hydrogen) atoms. The summed E-state index contributed by atoms with van der Waals surface area (Å²) in [5, 5.41) is 24.8. The highest BCUT2D eigenvalue weighted by Gasteiger charge is 2.42. The van der Waals surface area contributed by atoms with E-state index in [9.17, 15) is 14.2 Å². The molecule has 6 heterocycles. The first-order valence-electron chi connectivity index (χ1n) is 13.7. The Labute approximate surface area is 267 Å². The third kappa shape index (κ3) is 8.47. The Hall–Kier alpha value is -3.17. The molecule has 2 fully saturated rings. The quantitative estimate of drug-likeness (QED) is 0.104. The van der Waals surface area contributed by atoms with Crippen LogP contribution in [0.2, 0.25) is 0 Å². The number of fused-ring (bicyclic) bond motifs is 2. The Bertz CT molecular complexity index is 1750. The molecule has 0 amide bonds. The van der Waals surface area contributed by atoms with Gasteiger partial charge in [0.15, 0.2) is 17.1 Å². The van der Waals surface area contributed by atoms with Crippen LogP contribution in [0.3, 0.4) is 0 Å². The van der Waals surface area contributed by atoms with Crippen LogP contribution in [0.4, 0.5) is 11.5 Å². The van der Waals surface area contributed by atoms with Crippen molar-refractivity contribution < 1.29 is 57.4 Å². The minimum absolute atomic E-state index is 0. The molecule has 6 rings (SSSR count). The van der Waals surface area contributed by atoms with E-state index in [0.29, 0.717) is 29.0 Å². The normalized spacial score (nSPS) is 24.6. The number of anilines is 2. The Kier molecular flexibility index (Phi) is 11.7. The molecule has 4 aromatic heterocycles. The van der Waals surface area contributed by atoms with Crippen LogP contribution in [0.1, 0.15) is 32.7 Å². The third-order valence-electron chi connectivity index (χ3n) is 7.19. The van der Waals surface area contributed by atoms with E-state index in [2.05, 4.69) is 40.1 Å². The summed E-state index contributed by atoms with van der Waals surface area (Å²) in [7, 11) is -6.19. The molecular weight excluding hydrogens is 668 g/mol. The van der Waals surface area contributed by atoms with Crippen molar-refractivity contribution >= 4 is 49.5 Å². The zero-order valence-corrected chi connectivity index (χ0v) is 26.1. The van der Waals surface area contributed by atoms with Crippen molar-refractivity contribution in [3.05, 3.63) is 31.2 Å². The average molecular weight is 706 g/mol. The number of nitrogens with zero attached hydrogens (tertiary/aromatic N) is 7. The predicted octanol–water partition coefficient (Wildman–Crippen LogP) is 0.492. The molecule has 2 aliphatic rings. The van der Waals surface area contributed by atoms with Gasteiger partial charge in [-0.1, -0.05) is 7.43 Å². The molecule has 0 spiro atoms. The molecular formula is C24H37N9O12P2. The average Bonchev–Trinajstić information content (AvgIpc) is 3.79. The van der Waals surface area contributed by atoms with Crippen molar-refractivity contribution in [1.29, 1.82) is 0 Å². The lowest BCUT2D eigenvalue weighted by Gasteiger charge is -2.19. The van der Waals surface area contributed by atoms with Crippen LogP contribution < -0.4 is 10.6 Å². The van der Waals surface area contributed by atoms with Crippen LogP contribution in [0.15, 0.2) is 31.2 Å². The van der Waals surface area contributed by atoms with Crippen molar-refractivity contribution in [2.75, 3.05) is 37.9 Å². The number of phosphoric ester groups is 2. The number of hydrogen-bond donors (Lipinski definition) is 8. The molecule has 4 aromatic rings. The molecule has 0 aliphatic carbocycles. The van der Waals surface area contributed by atoms with Crippen LogP contribution in [0.25, 0.3) is 22.3 Å². The standard InChI is InChI=1S/C12H16N4O3.C11H17N5O9P2.CH4/c1-13-7-2-3-14-12-11(7)15-6-16(12)10-4-8(18)9(5-17)19-10;1-12-10-9-11(14-4-13-10)16(5-15-9)8-2-6(25-27(20,21)22)7(24-8)3-23-26(17,18)19;/h2-3,6,8-10,17-18H,4-5H2,1H3,(H,13,14);4-8H,2-3H2,1H3,(H,12,13,14)(H2,17,18,19)(H2,20,21,22);1H4/t8-,9+,10+;6-,7+,8+;/m00./s1. The molecule has 23 heteroatoms. The summed E-state index contributed by atoms with van der Waals surface area (Å²) in [4.78, 5) is 56.8. The highest BCUT2D eigenvalue weighted by Crippen LogP contribution is 2.45. The molecule has 0 aromatic carbocycles. The van der Waals surface area contributed by atoms with Gasteiger partial charge in [0.25, 0.3) is 0 Å². The number of phosphoric acid groups is 2. The number of nitrogens with one attached hydrogen (secondary N) is 2. The SMILES string of the molecule is C.CNc1ccnc2c1ncn2[C@H]1C[C@H](O)[C@@H](CO)O1.CNc1ncnc2c1ncn2[C@H]1C[C@H](OP(=O)(O)O)[C@@H](COP(=O)(O)O)O1. The van der Waals surface area contributed by atoms with Crippen LogP contribution in [0, 0.1) is 0 Å². The largest absolute Gasteiger partial charge is 0.469 e. The molecule has 0 saturated carbocycles. The number of aliphatic hydroxyl groups is 2. The van der Waals surface area contributed by atoms with E-state index in [1.54, 1.807) is 24.1 Å². The van der Waals surface area contributed by atoms with Crippen molar-refractivity contribution in [2.45, 2.75) is 57.1 Å². The maximum Gasteiger partial charge on any atom is 0.469 e. The lowest BCUT2D eigenvalue weighted by molar-refractivity contribution is -0.0432. The minimum atomic E-state index is -4.87. The van der Waals surface area contributed by atoms with Crippen LogP contribution >= 0.6 is 15.6 Å². The third-order valence-corrected chi connectivity index (χ3v) is 8.22. The number of ether oxygens (including phenoxy) is 2. The topological polar surface area (TPSA) is 291 Å². The fourth-order valence-electron chi connectivity index (χ4n) is 5.12. The van der Waals surface area contributed by atoms with E-state index in [-0.39, 0.29) is 26.7 Å². The maximum atomic E-state index is 11.2.